The van der Waals surface area contributed by atoms with Crippen LogP contribution in [0, 0.1) is 17.8 Å². The predicted molar refractivity (Wildman–Crippen MR) is 68.0 cm³/mol. The van der Waals surface area contributed by atoms with Gasteiger partial charge in [-0.25, -0.2) is 0 Å². The van der Waals surface area contributed by atoms with Crippen molar-refractivity contribution in [3.05, 3.63) is 0 Å². The normalized spacial score (nSPS) is 35.0. The first-order valence-corrected chi connectivity index (χ1v) is 7.04. The first-order chi connectivity index (χ1) is 8.54. The molecular formula is C14H23NO3. The third-order valence-corrected chi connectivity index (χ3v) is 4.71. The smallest absolute Gasteiger partial charge is 0.307 e. The fourth-order valence-corrected chi connectivity index (χ4v) is 3.12. The van der Waals surface area contributed by atoms with E-state index in [0.29, 0.717) is 12.5 Å². The number of amides is 1. The number of carboxylic acid groups (broad SMARTS) is 1. The molecule has 0 bridgehead atoms. The van der Waals surface area contributed by atoms with Gasteiger partial charge in [-0.05, 0) is 38.0 Å². The number of carbonyl (C=O) groups is 2. The lowest BCUT2D eigenvalue weighted by molar-refractivity contribution is -0.142. The average Bonchev–Trinajstić information content (AvgIpc) is 3.17. The number of hydrogen-bond donors (Lipinski definition) is 1. The fraction of sp³-hybridized carbons (Fsp3) is 0.857. The molecule has 2 aliphatic carbocycles. The molecule has 0 aromatic carbocycles. The molecule has 2 unspecified atom stereocenters. The van der Waals surface area contributed by atoms with Crippen LogP contribution in [0.25, 0.3) is 0 Å². The Balaban J connectivity index is 1.83. The van der Waals surface area contributed by atoms with E-state index in [-0.39, 0.29) is 11.8 Å². The van der Waals surface area contributed by atoms with Gasteiger partial charge in [-0.1, -0.05) is 13.3 Å². The molecule has 0 aliphatic heterocycles. The Hall–Kier alpha value is -1.06. The van der Waals surface area contributed by atoms with Gasteiger partial charge >= 0.3 is 5.97 Å². The first-order valence-electron chi connectivity index (χ1n) is 7.04. The van der Waals surface area contributed by atoms with Gasteiger partial charge in [0.15, 0.2) is 0 Å². The molecule has 102 valence electrons. The highest BCUT2D eigenvalue weighted by molar-refractivity contribution is 5.89. The van der Waals surface area contributed by atoms with Crippen LogP contribution in [0.1, 0.15) is 45.4 Å². The van der Waals surface area contributed by atoms with Crippen LogP contribution in [-0.2, 0) is 9.59 Å². The van der Waals surface area contributed by atoms with Crippen LogP contribution in [0.3, 0.4) is 0 Å². The minimum absolute atomic E-state index is 0.0438. The van der Waals surface area contributed by atoms with Gasteiger partial charge in [0.2, 0.25) is 5.91 Å². The molecule has 0 spiro atoms. The Labute approximate surface area is 108 Å². The molecular weight excluding hydrogens is 230 g/mol. The van der Waals surface area contributed by atoms with Crippen LogP contribution in [0.5, 0.6) is 0 Å². The number of carboxylic acids is 1. The summed E-state index contributed by atoms with van der Waals surface area (Å²) in [5.74, 6) is -0.639. The third kappa shape index (κ3) is 2.68. The topological polar surface area (TPSA) is 57.6 Å². The monoisotopic (exact) mass is 253 g/mol. The van der Waals surface area contributed by atoms with Crippen LogP contribution in [0.4, 0.5) is 0 Å². The van der Waals surface area contributed by atoms with Crippen LogP contribution in [0.2, 0.25) is 0 Å². The highest BCUT2D eigenvalue weighted by atomic mass is 16.4. The molecule has 0 heterocycles. The molecule has 0 saturated heterocycles. The van der Waals surface area contributed by atoms with E-state index in [1.165, 1.54) is 19.3 Å². The van der Waals surface area contributed by atoms with E-state index in [9.17, 15) is 9.59 Å². The van der Waals surface area contributed by atoms with Crippen LogP contribution < -0.4 is 0 Å². The molecule has 1 amide bonds. The summed E-state index contributed by atoms with van der Waals surface area (Å²) in [7, 11) is 1.84. The number of rotatable bonds is 4. The lowest BCUT2D eigenvalue weighted by Crippen LogP contribution is -2.40. The molecule has 2 atom stereocenters. The van der Waals surface area contributed by atoms with Crippen molar-refractivity contribution >= 4 is 11.9 Å². The van der Waals surface area contributed by atoms with E-state index < -0.39 is 11.9 Å². The molecule has 0 aromatic rings. The van der Waals surface area contributed by atoms with Crippen LogP contribution in [0.15, 0.2) is 0 Å². The number of nitrogens with zero attached hydrogens (tertiary/aromatic N) is 1. The van der Waals surface area contributed by atoms with Gasteiger partial charge in [-0.3, -0.25) is 9.59 Å². The molecule has 0 aromatic heterocycles. The summed E-state index contributed by atoms with van der Waals surface area (Å²) in [6.45, 7) is 2.22. The summed E-state index contributed by atoms with van der Waals surface area (Å²) in [4.78, 5) is 24.7. The minimum atomic E-state index is -0.823. The maximum absolute atomic E-state index is 12.1. The van der Waals surface area contributed by atoms with Crippen molar-refractivity contribution in [2.75, 3.05) is 7.05 Å². The largest absolute Gasteiger partial charge is 0.481 e. The number of hydrogen-bond acceptors (Lipinski definition) is 2. The molecule has 0 radical (unpaired) electrons. The second-order valence-corrected chi connectivity index (χ2v) is 5.82. The van der Waals surface area contributed by atoms with Crippen molar-refractivity contribution in [1.29, 1.82) is 0 Å². The van der Waals surface area contributed by atoms with E-state index in [1.807, 2.05) is 11.9 Å². The molecule has 4 heteroatoms. The zero-order valence-electron chi connectivity index (χ0n) is 11.3. The Kier molecular flexibility index (Phi) is 3.93. The lowest BCUT2D eigenvalue weighted by atomic mass is 9.84. The van der Waals surface area contributed by atoms with Crippen molar-refractivity contribution in [2.24, 2.45) is 17.8 Å². The fourth-order valence-electron chi connectivity index (χ4n) is 3.12. The van der Waals surface area contributed by atoms with E-state index in [2.05, 4.69) is 6.92 Å². The van der Waals surface area contributed by atoms with Gasteiger partial charge in [0.1, 0.15) is 0 Å². The van der Waals surface area contributed by atoms with Crippen molar-refractivity contribution in [1.82, 2.24) is 4.90 Å². The maximum Gasteiger partial charge on any atom is 0.307 e. The van der Waals surface area contributed by atoms with Crippen molar-refractivity contribution < 1.29 is 14.7 Å². The summed E-state index contributed by atoms with van der Waals surface area (Å²) in [5, 5.41) is 8.86. The SMILES string of the molecule is CCC1CCC(N(C)C(=O)C2CC2C(=O)O)CC1. The Bertz CT molecular complexity index is 334. The first kappa shape index (κ1) is 13.4. The molecule has 2 fully saturated rings. The number of carbonyl (C=O) groups excluding carboxylic acids is 1. The molecule has 2 aliphatic rings. The van der Waals surface area contributed by atoms with Crippen LogP contribution >= 0.6 is 0 Å². The lowest BCUT2D eigenvalue weighted by Gasteiger charge is -2.34. The van der Waals surface area contributed by atoms with Gasteiger partial charge in [-0.15, -0.1) is 0 Å². The quantitative estimate of drug-likeness (QED) is 0.835. The number of aliphatic carboxylic acids is 1. The van der Waals surface area contributed by atoms with Crippen molar-refractivity contribution in [3.8, 4) is 0 Å². The summed E-state index contributed by atoms with van der Waals surface area (Å²) in [6, 6.07) is 0.329. The molecule has 2 rings (SSSR count). The standard InChI is InChI=1S/C14H23NO3/c1-3-9-4-6-10(7-5-9)15(2)13(16)11-8-12(11)14(17)18/h9-12H,3-8H2,1-2H3,(H,17,18). The summed E-state index contributed by atoms with van der Waals surface area (Å²) in [6.07, 6.45) is 6.31. The predicted octanol–water partition coefficient (Wildman–Crippen LogP) is 2.13. The Morgan fingerprint density at radius 1 is 1.17 bits per heavy atom. The second kappa shape index (κ2) is 5.29. The second-order valence-electron chi connectivity index (χ2n) is 5.82. The Morgan fingerprint density at radius 3 is 2.22 bits per heavy atom. The van der Waals surface area contributed by atoms with Gasteiger partial charge < -0.3 is 10.0 Å². The maximum atomic E-state index is 12.1. The van der Waals surface area contributed by atoms with Gasteiger partial charge in [0.05, 0.1) is 11.8 Å². The summed E-state index contributed by atoms with van der Waals surface area (Å²) in [5.41, 5.74) is 0. The summed E-state index contributed by atoms with van der Waals surface area (Å²) < 4.78 is 0. The third-order valence-electron chi connectivity index (χ3n) is 4.71. The van der Waals surface area contributed by atoms with E-state index in [1.54, 1.807) is 0 Å². The highest BCUT2D eigenvalue weighted by Crippen LogP contribution is 2.41. The van der Waals surface area contributed by atoms with Crippen molar-refractivity contribution in [3.63, 3.8) is 0 Å². The Morgan fingerprint density at radius 2 is 1.78 bits per heavy atom. The molecule has 18 heavy (non-hydrogen) atoms. The van der Waals surface area contributed by atoms with Crippen molar-refractivity contribution in [2.45, 2.75) is 51.5 Å². The van der Waals surface area contributed by atoms with E-state index >= 15 is 0 Å². The molecule has 4 nitrogen and oxygen atoms in total. The van der Waals surface area contributed by atoms with E-state index in [0.717, 1.165) is 18.8 Å². The molecule has 1 N–H and O–H groups in total. The average molecular weight is 253 g/mol. The summed E-state index contributed by atoms with van der Waals surface area (Å²) >= 11 is 0. The zero-order valence-corrected chi connectivity index (χ0v) is 11.3. The van der Waals surface area contributed by atoms with E-state index in [4.69, 9.17) is 5.11 Å². The minimum Gasteiger partial charge on any atom is -0.481 e. The van der Waals surface area contributed by atoms with Crippen LogP contribution in [-0.4, -0.2) is 35.0 Å². The van der Waals surface area contributed by atoms with Gasteiger partial charge in [-0.2, -0.15) is 0 Å². The molecule has 2 saturated carbocycles. The van der Waals surface area contributed by atoms with Gasteiger partial charge in [0, 0.05) is 13.1 Å². The van der Waals surface area contributed by atoms with Gasteiger partial charge in [0.25, 0.3) is 0 Å². The zero-order chi connectivity index (χ0) is 13.3. The highest BCUT2D eigenvalue weighted by Gasteiger charge is 2.50.